The maximum absolute atomic E-state index is 10.0. The Morgan fingerprint density at radius 1 is 1.43 bits per heavy atom. The second-order valence-corrected chi connectivity index (χ2v) is 4.15. The topological polar surface area (TPSA) is 43.7 Å². The Bertz CT molecular complexity index is 244. The molecule has 1 rings (SSSR count). The first-order valence-electron chi connectivity index (χ1n) is 4.87. The molecule has 3 nitrogen and oxygen atoms in total. The van der Waals surface area contributed by atoms with Gasteiger partial charge in [0, 0.05) is 5.92 Å². The van der Waals surface area contributed by atoms with Crippen molar-refractivity contribution in [3.05, 3.63) is 24.3 Å². The van der Waals surface area contributed by atoms with Gasteiger partial charge < -0.3 is 10.2 Å². The van der Waals surface area contributed by atoms with E-state index in [9.17, 15) is 10.2 Å². The number of aliphatic hydroxyl groups is 2. The molecule has 80 valence electrons. The molecule has 0 saturated carbocycles. The monoisotopic (exact) mass is 197 g/mol. The number of allylic oxidation sites excluding steroid dienone is 3. The van der Waals surface area contributed by atoms with Crippen LogP contribution < -0.4 is 0 Å². The van der Waals surface area contributed by atoms with Crippen molar-refractivity contribution in [3.8, 4) is 0 Å². The molecule has 3 heteroatoms. The summed E-state index contributed by atoms with van der Waals surface area (Å²) in [5, 5.41) is 20.0. The van der Waals surface area contributed by atoms with Crippen LogP contribution >= 0.6 is 0 Å². The highest BCUT2D eigenvalue weighted by molar-refractivity contribution is 5.13. The third-order valence-corrected chi connectivity index (χ3v) is 2.89. The number of hydrogen-bond acceptors (Lipinski definition) is 3. The van der Waals surface area contributed by atoms with Crippen molar-refractivity contribution in [2.45, 2.75) is 25.2 Å². The van der Waals surface area contributed by atoms with Crippen LogP contribution in [0.3, 0.4) is 0 Å². The molecule has 0 saturated heterocycles. The van der Waals surface area contributed by atoms with Crippen molar-refractivity contribution < 1.29 is 10.2 Å². The average Bonchev–Trinajstić information content (AvgIpc) is 2.17. The van der Waals surface area contributed by atoms with Gasteiger partial charge in [-0.1, -0.05) is 24.3 Å². The van der Waals surface area contributed by atoms with E-state index in [1.165, 1.54) is 0 Å². The van der Waals surface area contributed by atoms with Crippen LogP contribution in [0.2, 0.25) is 0 Å². The molecule has 0 bridgehead atoms. The lowest BCUT2D eigenvalue weighted by molar-refractivity contribution is -0.161. The predicted molar refractivity (Wildman–Crippen MR) is 56.7 cm³/mol. The van der Waals surface area contributed by atoms with Crippen LogP contribution in [0.4, 0.5) is 0 Å². The zero-order chi connectivity index (χ0) is 10.8. The molecule has 0 spiro atoms. The van der Waals surface area contributed by atoms with Crippen LogP contribution in [0.1, 0.15) is 13.3 Å². The fourth-order valence-corrected chi connectivity index (χ4v) is 1.50. The quantitative estimate of drug-likeness (QED) is 0.656. The molecular weight excluding hydrogens is 178 g/mol. The van der Waals surface area contributed by atoms with E-state index in [0.717, 1.165) is 6.42 Å². The number of aliphatic hydroxyl groups excluding tert-OH is 1. The van der Waals surface area contributed by atoms with E-state index in [4.69, 9.17) is 0 Å². The fourth-order valence-electron chi connectivity index (χ4n) is 1.50. The van der Waals surface area contributed by atoms with E-state index in [1.54, 1.807) is 25.9 Å². The van der Waals surface area contributed by atoms with Crippen LogP contribution in [0.15, 0.2) is 24.3 Å². The van der Waals surface area contributed by atoms with E-state index in [1.807, 2.05) is 24.3 Å². The molecule has 1 aliphatic carbocycles. The Kier molecular flexibility index (Phi) is 3.48. The van der Waals surface area contributed by atoms with Crippen molar-refractivity contribution in [2.75, 3.05) is 14.1 Å². The van der Waals surface area contributed by atoms with Crippen molar-refractivity contribution >= 4 is 0 Å². The van der Waals surface area contributed by atoms with Gasteiger partial charge in [0.05, 0.1) is 0 Å². The lowest BCUT2D eigenvalue weighted by atomic mass is 9.88. The summed E-state index contributed by atoms with van der Waals surface area (Å²) in [6.45, 7) is 1.63. The number of nitrogens with zero attached hydrogens (tertiary/aromatic N) is 1. The van der Waals surface area contributed by atoms with Gasteiger partial charge in [-0.05, 0) is 27.4 Å². The first kappa shape index (κ1) is 11.4. The van der Waals surface area contributed by atoms with Gasteiger partial charge in [0.15, 0.2) is 0 Å². The van der Waals surface area contributed by atoms with E-state index >= 15 is 0 Å². The number of likely N-dealkylation sites (N-methyl/N-ethyl adjacent to an activating group) is 1. The van der Waals surface area contributed by atoms with Crippen LogP contribution in [0.25, 0.3) is 0 Å². The van der Waals surface area contributed by atoms with E-state index < -0.39 is 11.8 Å². The van der Waals surface area contributed by atoms with E-state index in [-0.39, 0.29) is 5.92 Å². The van der Waals surface area contributed by atoms with Crippen LogP contribution in [0, 0.1) is 5.92 Å². The molecule has 1 aliphatic rings. The summed E-state index contributed by atoms with van der Waals surface area (Å²) in [5.74, 6) is -0.00241. The highest BCUT2D eigenvalue weighted by Crippen LogP contribution is 2.25. The summed E-state index contributed by atoms with van der Waals surface area (Å²) in [6, 6.07) is 0. The Morgan fingerprint density at radius 3 is 2.50 bits per heavy atom. The van der Waals surface area contributed by atoms with Crippen molar-refractivity contribution in [1.82, 2.24) is 4.90 Å². The van der Waals surface area contributed by atoms with Gasteiger partial charge in [-0.15, -0.1) is 0 Å². The van der Waals surface area contributed by atoms with Gasteiger partial charge in [-0.2, -0.15) is 0 Å². The maximum Gasteiger partial charge on any atom is 0.141 e. The lowest BCUT2D eigenvalue weighted by Crippen LogP contribution is -2.53. The van der Waals surface area contributed by atoms with Crippen molar-refractivity contribution in [1.29, 1.82) is 0 Å². The first-order chi connectivity index (χ1) is 6.46. The fraction of sp³-hybridized carbons (Fsp3) is 0.636. The summed E-state index contributed by atoms with van der Waals surface area (Å²) >= 11 is 0. The molecule has 0 aromatic carbocycles. The number of rotatable bonds is 3. The first-order valence-corrected chi connectivity index (χ1v) is 4.87. The zero-order valence-corrected chi connectivity index (χ0v) is 9.01. The summed E-state index contributed by atoms with van der Waals surface area (Å²) in [6.07, 6.45) is 7.80. The van der Waals surface area contributed by atoms with E-state index in [0.29, 0.717) is 0 Å². The SMILES string of the molecule is CN(C)[C@@](C)(O)[C@@H](O)C1C=CC=CC1. The maximum atomic E-state index is 10.0. The highest BCUT2D eigenvalue weighted by Gasteiger charge is 2.36. The molecule has 0 aliphatic heterocycles. The molecule has 14 heavy (non-hydrogen) atoms. The highest BCUT2D eigenvalue weighted by atomic mass is 16.4. The molecule has 0 radical (unpaired) electrons. The zero-order valence-electron chi connectivity index (χ0n) is 9.01. The molecule has 0 aromatic rings. The standard InChI is InChI=1S/C11H19NO2/c1-11(14,12(2)3)10(13)9-7-5-4-6-8-9/h4-7,9-10,13-14H,8H2,1-3H3/t9?,10-,11-/m0/s1. The Morgan fingerprint density at radius 2 is 2.07 bits per heavy atom. The van der Waals surface area contributed by atoms with Gasteiger partial charge >= 0.3 is 0 Å². The summed E-state index contributed by atoms with van der Waals surface area (Å²) in [4.78, 5) is 1.63. The third kappa shape index (κ3) is 2.23. The minimum atomic E-state index is -1.18. The summed E-state index contributed by atoms with van der Waals surface area (Å²) in [5.41, 5.74) is -1.18. The Labute approximate surface area is 85.4 Å². The van der Waals surface area contributed by atoms with Crippen molar-refractivity contribution in [3.63, 3.8) is 0 Å². The largest absolute Gasteiger partial charge is 0.388 e. The average molecular weight is 197 g/mol. The molecule has 1 unspecified atom stereocenters. The molecule has 0 heterocycles. The van der Waals surface area contributed by atoms with Crippen LogP contribution in [0.5, 0.6) is 0 Å². The predicted octanol–water partition coefficient (Wildman–Crippen LogP) is 0.750. The summed E-state index contributed by atoms with van der Waals surface area (Å²) in [7, 11) is 3.51. The van der Waals surface area contributed by atoms with Gasteiger partial charge in [0.1, 0.15) is 11.8 Å². The molecular formula is C11H19NO2. The third-order valence-electron chi connectivity index (χ3n) is 2.89. The van der Waals surface area contributed by atoms with E-state index in [2.05, 4.69) is 0 Å². The lowest BCUT2D eigenvalue weighted by Gasteiger charge is -2.38. The van der Waals surface area contributed by atoms with Gasteiger partial charge in [-0.25, -0.2) is 0 Å². The van der Waals surface area contributed by atoms with Gasteiger partial charge in [0.25, 0.3) is 0 Å². The van der Waals surface area contributed by atoms with Crippen LogP contribution in [-0.4, -0.2) is 41.0 Å². The second kappa shape index (κ2) is 4.26. The second-order valence-electron chi connectivity index (χ2n) is 4.15. The normalized spacial score (nSPS) is 27.7. The smallest absolute Gasteiger partial charge is 0.141 e. The van der Waals surface area contributed by atoms with Crippen LogP contribution in [-0.2, 0) is 0 Å². The minimum Gasteiger partial charge on any atom is -0.388 e. The van der Waals surface area contributed by atoms with Crippen molar-refractivity contribution in [2.24, 2.45) is 5.92 Å². The Hall–Kier alpha value is -0.640. The Balaban J connectivity index is 2.69. The molecule has 0 fully saturated rings. The van der Waals surface area contributed by atoms with Gasteiger partial charge in [-0.3, -0.25) is 4.90 Å². The molecule has 2 N–H and O–H groups in total. The molecule has 0 amide bonds. The molecule has 3 atom stereocenters. The number of hydrogen-bond donors (Lipinski definition) is 2. The van der Waals surface area contributed by atoms with Gasteiger partial charge in [0.2, 0.25) is 0 Å². The minimum absolute atomic E-state index is 0.00241. The summed E-state index contributed by atoms with van der Waals surface area (Å²) < 4.78 is 0. The molecule has 0 aromatic heterocycles.